The maximum absolute atomic E-state index is 14.5. The maximum atomic E-state index is 14.5. The highest BCUT2D eigenvalue weighted by molar-refractivity contribution is 7.98. The average Bonchev–Trinajstić information content (AvgIpc) is 3.72. The number of aromatic amines is 1. The second kappa shape index (κ2) is 29.8. The SMILES string of the molecule is CC[C@H](C)[C@H](NC(=O)[C@H](Cc1c[nH]c2ccccc12)NC(=O)[C@H](CCSC)NC(=O)[C@H](C)NC(=O)[C@H](CC(C)C)NC(=O)[C@@H](N)CO)C(=O)N[C@H](C(=O)N[C@@H](CCC(N)=O)C(=O)N[C@@H](C)C(=O)O)[C@@H](C)O. The molecule has 25 heteroatoms. The zero-order valence-corrected chi connectivity index (χ0v) is 42.3. The van der Waals surface area contributed by atoms with E-state index in [2.05, 4.69) is 47.5 Å². The Morgan fingerprint density at radius 3 is 1.76 bits per heavy atom. The Hall–Kier alpha value is -6.31. The van der Waals surface area contributed by atoms with Crippen molar-refractivity contribution in [1.82, 2.24) is 47.5 Å². The van der Waals surface area contributed by atoms with Gasteiger partial charge in [-0.1, -0.05) is 52.3 Å². The summed E-state index contributed by atoms with van der Waals surface area (Å²) >= 11 is 1.38. The van der Waals surface area contributed by atoms with Gasteiger partial charge >= 0.3 is 5.97 Å². The number of aliphatic hydroxyl groups is 2. The molecule has 2 rings (SSSR count). The Labute approximate surface area is 416 Å². The molecule has 11 atom stereocenters. The van der Waals surface area contributed by atoms with Crippen molar-refractivity contribution in [3.05, 3.63) is 36.0 Å². The summed E-state index contributed by atoms with van der Waals surface area (Å²) in [7, 11) is 0. The first-order chi connectivity index (χ1) is 33.3. The topological polar surface area (TPSA) is 395 Å². The smallest absolute Gasteiger partial charge is 0.325 e. The molecule has 1 heterocycles. The highest BCUT2D eigenvalue weighted by atomic mass is 32.2. The van der Waals surface area contributed by atoms with Gasteiger partial charge < -0.3 is 74.3 Å². The van der Waals surface area contributed by atoms with Crippen molar-refractivity contribution in [3.8, 4) is 0 Å². The van der Waals surface area contributed by atoms with E-state index in [4.69, 9.17) is 11.5 Å². The van der Waals surface area contributed by atoms with Crippen LogP contribution in [0.25, 0.3) is 10.9 Å². The van der Waals surface area contributed by atoms with Crippen LogP contribution in [0.3, 0.4) is 0 Å². The van der Waals surface area contributed by atoms with Gasteiger partial charge in [0.15, 0.2) is 0 Å². The molecule has 0 aliphatic rings. The first-order valence-electron chi connectivity index (χ1n) is 23.4. The summed E-state index contributed by atoms with van der Waals surface area (Å²) in [6.07, 6.45) is 1.54. The zero-order valence-electron chi connectivity index (χ0n) is 41.5. The lowest BCUT2D eigenvalue weighted by molar-refractivity contribution is -0.142. The van der Waals surface area contributed by atoms with Gasteiger partial charge in [0, 0.05) is 29.9 Å². The molecule has 1 aromatic heterocycles. The van der Waals surface area contributed by atoms with E-state index in [-0.39, 0.29) is 31.6 Å². The number of carbonyl (C=O) groups is 10. The zero-order chi connectivity index (χ0) is 53.7. The molecule has 0 aliphatic carbocycles. The molecule has 2 aromatic rings. The number of carboxylic acid groups (broad SMARTS) is 1. The number of nitrogens with two attached hydrogens (primary N) is 2. The molecule has 0 spiro atoms. The lowest BCUT2D eigenvalue weighted by Gasteiger charge is -2.30. The lowest BCUT2D eigenvalue weighted by atomic mass is 9.96. The standard InChI is InChI=1S/C46H73N11O13S/c1-9-23(4)36(44(67)57-37(26(7)59)45(68)53-31(14-15-35(48)60)40(63)51-25(6)46(69)70)56-43(66)34(19-27-20-49-30-13-11-10-12-28(27)30)55-41(64)32(16-17-71-8)52-38(61)24(5)50-42(65)33(18-22(2)3)54-39(62)29(47)21-58/h10-13,20,22-26,29,31-34,36-37,49,58-59H,9,14-19,21,47H2,1-8H3,(H2,48,60)(H,50,65)(H,51,63)(H,52,61)(H,53,68)(H,54,62)(H,55,64)(H,56,66)(H,57,67)(H,69,70)/t23-,24-,25-,26+,29-,31-,32-,33-,34-,36-,37-/m0/s1. The van der Waals surface area contributed by atoms with Crippen molar-refractivity contribution in [2.75, 3.05) is 18.6 Å². The Morgan fingerprint density at radius 2 is 1.18 bits per heavy atom. The number of rotatable bonds is 31. The number of carboxylic acids is 1. The number of benzene rings is 1. The fraction of sp³-hybridized carbons (Fsp3) is 0.609. The molecule has 0 fully saturated rings. The monoisotopic (exact) mass is 1020 g/mol. The van der Waals surface area contributed by atoms with E-state index in [0.29, 0.717) is 17.7 Å². The predicted octanol–water partition coefficient (Wildman–Crippen LogP) is -2.48. The van der Waals surface area contributed by atoms with E-state index in [1.54, 1.807) is 44.5 Å². The molecule has 0 bridgehead atoms. The Balaban J connectivity index is 2.46. The van der Waals surface area contributed by atoms with Crippen LogP contribution in [-0.2, 0) is 54.4 Å². The number of aliphatic carboxylic acids is 1. The maximum Gasteiger partial charge on any atom is 0.325 e. The van der Waals surface area contributed by atoms with Crippen LogP contribution in [0.15, 0.2) is 30.5 Å². The third-order valence-electron chi connectivity index (χ3n) is 11.5. The number of nitrogens with one attached hydrogen (secondary N) is 9. The summed E-state index contributed by atoms with van der Waals surface area (Å²) in [6.45, 7) is 10.1. The van der Waals surface area contributed by atoms with Crippen LogP contribution in [0, 0.1) is 11.8 Å². The minimum absolute atomic E-state index is 0.0731. The van der Waals surface area contributed by atoms with Gasteiger partial charge in [-0.3, -0.25) is 47.9 Å². The largest absolute Gasteiger partial charge is 0.480 e. The van der Waals surface area contributed by atoms with Crippen molar-refractivity contribution >= 4 is 81.8 Å². The van der Waals surface area contributed by atoms with E-state index in [1.807, 2.05) is 19.9 Å². The van der Waals surface area contributed by atoms with Crippen LogP contribution >= 0.6 is 11.8 Å². The van der Waals surface area contributed by atoms with Crippen LogP contribution in [-0.4, -0.2) is 159 Å². The molecule has 0 radical (unpaired) electrons. The second-order valence-corrected chi connectivity index (χ2v) is 18.9. The number of para-hydroxylation sites is 1. The number of amides is 9. The molecule has 0 unspecified atom stereocenters. The Bertz CT molecular complexity index is 2170. The van der Waals surface area contributed by atoms with Gasteiger partial charge in [-0.2, -0.15) is 11.8 Å². The summed E-state index contributed by atoms with van der Waals surface area (Å²) in [5, 5.41) is 50.2. The summed E-state index contributed by atoms with van der Waals surface area (Å²) in [5.41, 5.74) is 12.2. The number of aliphatic hydroxyl groups excluding tert-OH is 2. The van der Waals surface area contributed by atoms with Crippen molar-refractivity contribution in [1.29, 1.82) is 0 Å². The molecule has 24 nitrogen and oxygen atoms in total. The van der Waals surface area contributed by atoms with Gasteiger partial charge in [-0.25, -0.2) is 0 Å². The second-order valence-electron chi connectivity index (χ2n) is 17.9. The van der Waals surface area contributed by atoms with E-state index < -0.39 is 139 Å². The highest BCUT2D eigenvalue weighted by Gasteiger charge is 2.37. The first kappa shape index (κ1) is 60.8. The third kappa shape index (κ3) is 19.8. The number of primary amides is 1. The van der Waals surface area contributed by atoms with Crippen LogP contribution in [0.5, 0.6) is 0 Å². The van der Waals surface area contributed by atoms with Gasteiger partial charge in [-0.15, -0.1) is 0 Å². The predicted molar refractivity (Wildman–Crippen MR) is 264 cm³/mol. The van der Waals surface area contributed by atoms with Crippen LogP contribution in [0.4, 0.5) is 0 Å². The van der Waals surface area contributed by atoms with E-state index in [1.165, 1.54) is 32.5 Å². The molecular formula is C46H73N11O13S. The number of thioether (sulfide) groups is 1. The van der Waals surface area contributed by atoms with Crippen LogP contribution in [0.2, 0.25) is 0 Å². The molecule has 16 N–H and O–H groups in total. The molecule has 71 heavy (non-hydrogen) atoms. The Morgan fingerprint density at radius 1 is 0.662 bits per heavy atom. The van der Waals surface area contributed by atoms with Crippen LogP contribution in [0.1, 0.15) is 86.1 Å². The summed E-state index contributed by atoms with van der Waals surface area (Å²) in [5.74, 6) is -9.40. The first-order valence-corrected chi connectivity index (χ1v) is 24.8. The van der Waals surface area contributed by atoms with E-state index >= 15 is 0 Å². The van der Waals surface area contributed by atoms with Crippen molar-refractivity contribution in [2.24, 2.45) is 23.3 Å². The number of aromatic nitrogens is 1. The normalized spacial score (nSPS) is 15.9. The molecule has 0 aliphatic heterocycles. The molecule has 0 saturated heterocycles. The fourth-order valence-corrected chi connectivity index (χ4v) is 7.52. The summed E-state index contributed by atoms with van der Waals surface area (Å²) in [4.78, 5) is 135. The third-order valence-corrected chi connectivity index (χ3v) is 12.1. The van der Waals surface area contributed by atoms with Crippen molar-refractivity contribution in [3.63, 3.8) is 0 Å². The summed E-state index contributed by atoms with van der Waals surface area (Å²) < 4.78 is 0. The average molecular weight is 1020 g/mol. The van der Waals surface area contributed by atoms with E-state index in [0.717, 1.165) is 10.9 Å². The van der Waals surface area contributed by atoms with Crippen molar-refractivity contribution in [2.45, 2.75) is 147 Å². The van der Waals surface area contributed by atoms with Gasteiger partial charge in [0.2, 0.25) is 53.2 Å². The van der Waals surface area contributed by atoms with Gasteiger partial charge in [0.05, 0.1) is 12.7 Å². The molecule has 396 valence electrons. The van der Waals surface area contributed by atoms with Gasteiger partial charge in [-0.05, 0) is 75.5 Å². The number of hydrogen-bond acceptors (Lipinski definition) is 14. The van der Waals surface area contributed by atoms with Gasteiger partial charge in [0.25, 0.3) is 0 Å². The number of hydrogen-bond donors (Lipinski definition) is 14. The number of fused-ring (bicyclic) bond motifs is 1. The summed E-state index contributed by atoms with van der Waals surface area (Å²) in [6, 6.07) is -5.09. The lowest BCUT2D eigenvalue weighted by Crippen LogP contribution is -2.62. The highest BCUT2D eigenvalue weighted by Crippen LogP contribution is 2.20. The quantitative estimate of drug-likeness (QED) is 0.0372. The number of H-pyrrole nitrogens is 1. The minimum Gasteiger partial charge on any atom is -0.480 e. The van der Waals surface area contributed by atoms with Crippen LogP contribution < -0.4 is 54.0 Å². The minimum atomic E-state index is -1.74. The molecule has 0 saturated carbocycles. The molecule has 9 amide bonds. The Kier molecular flexibility index (Phi) is 25.5. The van der Waals surface area contributed by atoms with E-state index in [9.17, 15) is 63.3 Å². The molecular weight excluding hydrogens is 947 g/mol. The van der Waals surface area contributed by atoms with Crippen molar-refractivity contribution < 1.29 is 63.3 Å². The number of carbonyl (C=O) groups excluding carboxylic acids is 9. The van der Waals surface area contributed by atoms with Gasteiger partial charge in [0.1, 0.15) is 54.4 Å². The fourth-order valence-electron chi connectivity index (χ4n) is 7.04. The molecule has 1 aromatic carbocycles.